The number of benzene rings is 2. The SMILES string of the molecule is Cc1cccc(Oc2ccc(-c3c4n(c5ncnc(N)c35)CCN4c3cccc(N)c3OCCN(C)C)cc2F)n1. The summed E-state index contributed by atoms with van der Waals surface area (Å²) in [5.41, 5.74) is 16.9. The van der Waals surface area contributed by atoms with Crippen molar-refractivity contribution in [3.63, 3.8) is 0 Å². The number of halogens is 1. The Morgan fingerprint density at radius 1 is 1.02 bits per heavy atom. The first-order valence-electron chi connectivity index (χ1n) is 13.3. The van der Waals surface area contributed by atoms with Gasteiger partial charge in [0.25, 0.3) is 0 Å². The number of pyridine rings is 1. The number of para-hydroxylation sites is 1. The highest BCUT2D eigenvalue weighted by Gasteiger charge is 2.33. The lowest BCUT2D eigenvalue weighted by Crippen LogP contribution is -2.21. The summed E-state index contributed by atoms with van der Waals surface area (Å²) >= 11 is 0. The number of hydrogen-bond donors (Lipinski definition) is 2. The van der Waals surface area contributed by atoms with E-state index in [2.05, 4.69) is 24.4 Å². The van der Waals surface area contributed by atoms with Crippen LogP contribution in [0, 0.1) is 12.7 Å². The molecular weight excluding hydrogens is 523 g/mol. The van der Waals surface area contributed by atoms with Crippen molar-refractivity contribution in [3.05, 3.63) is 72.4 Å². The zero-order chi connectivity index (χ0) is 28.7. The highest BCUT2D eigenvalue weighted by atomic mass is 19.1. The van der Waals surface area contributed by atoms with Gasteiger partial charge in [-0.3, -0.25) is 0 Å². The van der Waals surface area contributed by atoms with Crippen LogP contribution in [0.4, 0.5) is 27.4 Å². The van der Waals surface area contributed by atoms with Crippen molar-refractivity contribution < 1.29 is 13.9 Å². The molecule has 0 bridgehead atoms. The van der Waals surface area contributed by atoms with Crippen molar-refractivity contribution in [2.45, 2.75) is 13.5 Å². The number of rotatable bonds is 8. The molecule has 0 atom stereocenters. The van der Waals surface area contributed by atoms with E-state index in [9.17, 15) is 0 Å². The highest BCUT2D eigenvalue weighted by molar-refractivity contribution is 6.08. The van der Waals surface area contributed by atoms with Gasteiger partial charge in [-0.05, 0) is 56.9 Å². The fourth-order valence-corrected chi connectivity index (χ4v) is 5.16. The molecule has 0 radical (unpaired) electrons. The van der Waals surface area contributed by atoms with Crippen LogP contribution in [0.5, 0.6) is 17.4 Å². The van der Waals surface area contributed by atoms with Gasteiger partial charge in [0.15, 0.2) is 17.3 Å². The van der Waals surface area contributed by atoms with E-state index in [1.807, 2.05) is 56.3 Å². The molecule has 1 aliphatic heterocycles. The predicted octanol–water partition coefficient (Wildman–Crippen LogP) is 4.99. The Morgan fingerprint density at radius 2 is 1.85 bits per heavy atom. The van der Waals surface area contributed by atoms with Gasteiger partial charge in [-0.1, -0.05) is 18.2 Å². The monoisotopic (exact) mass is 554 g/mol. The standard InChI is InChI=1S/C30H31FN8O2/c1-18-6-4-9-24(36-18)41-23-11-10-19(16-20(23)31)25-26-28(33)34-17-35-29(26)39-13-12-38(30(25)39)22-8-5-7-21(32)27(22)40-15-14-37(2)3/h4-11,16-17H,12-15,32H2,1-3H3,(H2,33,34,35). The van der Waals surface area contributed by atoms with Crippen LogP contribution in [0.1, 0.15) is 5.69 Å². The molecule has 3 aromatic heterocycles. The third-order valence-electron chi connectivity index (χ3n) is 7.04. The first-order valence-corrected chi connectivity index (χ1v) is 13.3. The van der Waals surface area contributed by atoms with Crippen molar-refractivity contribution in [1.82, 2.24) is 24.4 Å². The zero-order valence-electron chi connectivity index (χ0n) is 23.1. The fraction of sp³-hybridized carbons (Fsp3) is 0.233. The number of fused-ring (bicyclic) bond motifs is 3. The number of aryl methyl sites for hydroxylation is 1. The van der Waals surface area contributed by atoms with E-state index in [4.69, 9.17) is 20.9 Å². The Balaban J connectivity index is 1.47. The Kier molecular flexibility index (Phi) is 6.80. The van der Waals surface area contributed by atoms with Gasteiger partial charge in [0.1, 0.15) is 30.2 Å². The van der Waals surface area contributed by atoms with Crippen LogP contribution in [0.15, 0.2) is 60.9 Å². The number of anilines is 4. The van der Waals surface area contributed by atoms with Crippen LogP contribution < -0.4 is 25.8 Å². The van der Waals surface area contributed by atoms with Crippen LogP contribution >= 0.6 is 0 Å². The number of nitrogen functional groups attached to an aromatic ring is 2. The summed E-state index contributed by atoms with van der Waals surface area (Å²) in [6.07, 6.45) is 1.44. The molecule has 0 amide bonds. The Labute approximate surface area is 237 Å². The van der Waals surface area contributed by atoms with E-state index >= 15 is 4.39 Å². The first kappa shape index (κ1) is 26.3. The lowest BCUT2D eigenvalue weighted by Gasteiger charge is -2.24. The highest BCUT2D eigenvalue weighted by Crippen LogP contribution is 2.49. The summed E-state index contributed by atoms with van der Waals surface area (Å²) in [5.74, 6) is 1.57. The van der Waals surface area contributed by atoms with E-state index < -0.39 is 5.82 Å². The fourth-order valence-electron chi connectivity index (χ4n) is 5.16. The van der Waals surface area contributed by atoms with E-state index in [1.165, 1.54) is 12.4 Å². The Hall–Kier alpha value is -4.90. The minimum Gasteiger partial charge on any atom is -0.488 e. The molecule has 0 saturated carbocycles. The number of nitrogens with zero attached hydrogens (tertiary/aromatic N) is 6. The molecule has 210 valence electrons. The number of aromatic nitrogens is 4. The van der Waals surface area contributed by atoms with Gasteiger partial charge >= 0.3 is 0 Å². The van der Waals surface area contributed by atoms with Crippen LogP contribution in [0.2, 0.25) is 0 Å². The average molecular weight is 555 g/mol. The van der Waals surface area contributed by atoms with Gasteiger partial charge in [-0.15, -0.1) is 0 Å². The smallest absolute Gasteiger partial charge is 0.219 e. The molecule has 4 heterocycles. The number of ether oxygens (including phenoxy) is 2. The number of nitrogens with two attached hydrogens (primary N) is 2. The van der Waals surface area contributed by atoms with Crippen LogP contribution in [0.3, 0.4) is 0 Å². The van der Waals surface area contributed by atoms with Gasteiger partial charge in [-0.2, -0.15) is 0 Å². The van der Waals surface area contributed by atoms with Crippen LogP contribution in [-0.2, 0) is 6.54 Å². The molecule has 11 heteroatoms. The minimum atomic E-state index is -0.532. The Morgan fingerprint density at radius 3 is 2.63 bits per heavy atom. The summed E-state index contributed by atoms with van der Waals surface area (Å²) in [5, 5.41) is 0.652. The average Bonchev–Trinajstić information content (AvgIpc) is 3.50. The van der Waals surface area contributed by atoms with Crippen LogP contribution in [0.25, 0.3) is 22.2 Å². The molecule has 10 nitrogen and oxygen atoms in total. The van der Waals surface area contributed by atoms with E-state index in [0.717, 1.165) is 29.3 Å². The van der Waals surface area contributed by atoms with Crippen molar-refractivity contribution in [2.24, 2.45) is 0 Å². The molecule has 41 heavy (non-hydrogen) atoms. The van der Waals surface area contributed by atoms with Crippen molar-refractivity contribution in [1.29, 1.82) is 0 Å². The molecule has 0 aliphatic carbocycles. The van der Waals surface area contributed by atoms with E-state index in [1.54, 1.807) is 18.2 Å². The molecular formula is C30H31FN8O2. The molecule has 0 unspecified atom stereocenters. The van der Waals surface area contributed by atoms with E-state index in [0.29, 0.717) is 59.4 Å². The maximum atomic E-state index is 15.5. The van der Waals surface area contributed by atoms with Gasteiger partial charge in [-0.25, -0.2) is 19.3 Å². The molecule has 0 fully saturated rings. The first-order chi connectivity index (χ1) is 19.8. The van der Waals surface area contributed by atoms with Gasteiger partial charge in [0.05, 0.1) is 16.8 Å². The second-order valence-electron chi connectivity index (χ2n) is 10.2. The van der Waals surface area contributed by atoms with E-state index in [-0.39, 0.29) is 5.75 Å². The molecule has 2 aromatic carbocycles. The zero-order valence-corrected chi connectivity index (χ0v) is 23.1. The minimum absolute atomic E-state index is 0.0699. The van der Waals surface area contributed by atoms with Gasteiger partial charge in [0, 0.05) is 37.0 Å². The molecule has 5 aromatic rings. The lowest BCUT2D eigenvalue weighted by molar-refractivity contribution is 0.263. The van der Waals surface area contributed by atoms with Gasteiger partial charge < -0.3 is 35.3 Å². The topological polar surface area (TPSA) is 121 Å². The largest absolute Gasteiger partial charge is 0.488 e. The molecule has 0 spiro atoms. The van der Waals surface area contributed by atoms with Crippen molar-refractivity contribution in [3.8, 4) is 28.5 Å². The summed E-state index contributed by atoms with van der Waals surface area (Å²) in [6, 6.07) is 15.9. The summed E-state index contributed by atoms with van der Waals surface area (Å²) in [6.45, 7) is 4.33. The predicted molar refractivity (Wildman–Crippen MR) is 158 cm³/mol. The normalized spacial score (nSPS) is 12.8. The maximum absolute atomic E-state index is 15.5. The molecule has 1 aliphatic rings. The molecule has 4 N–H and O–H groups in total. The summed E-state index contributed by atoms with van der Waals surface area (Å²) < 4.78 is 29.6. The number of likely N-dealkylation sites (N-methyl/N-ethyl adjacent to an activating group) is 1. The molecule has 6 rings (SSSR count). The third kappa shape index (κ3) is 4.84. The van der Waals surface area contributed by atoms with Gasteiger partial charge in [0.2, 0.25) is 5.88 Å². The number of hydrogen-bond acceptors (Lipinski definition) is 9. The third-order valence-corrected chi connectivity index (χ3v) is 7.04. The van der Waals surface area contributed by atoms with Crippen LogP contribution in [-0.4, -0.2) is 58.2 Å². The Bertz CT molecular complexity index is 1750. The van der Waals surface area contributed by atoms with Crippen molar-refractivity contribution in [2.75, 3.05) is 50.2 Å². The second kappa shape index (κ2) is 10.6. The maximum Gasteiger partial charge on any atom is 0.219 e. The quantitative estimate of drug-likeness (QED) is 0.256. The second-order valence-corrected chi connectivity index (χ2v) is 10.2. The molecule has 0 saturated heterocycles. The summed E-state index contributed by atoms with van der Waals surface area (Å²) in [7, 11) is 3.98. The lowest BCUT2D eigenvalue weighted by atomic mass is 10.0. The van der Waals surface area contributed by atoms with Crippen molar-refractivity contribution >= 4 is 34.0 Å². The summed E-state index contributed by atoms with van der Waals surface area (Å²) in [4.78, 5) is 17.3.